The van der Waals surface area contributed by atoms with Crippen molar-refractivity contribution in [2.45, 2.75) is 150 Å². The lowest BCUT2D eigenvalue weighted by Gasteiger charge is -2.47. The van der Waals surface area contributed by atoms with Crippen LogP contribution in [-0.4, -0.2) is 59.9 Å². The first-order chi connectivity index (χ1) is 16.2. The third-order valence-electron chi connectivity index (χ3n) is 8.56. The minimum atomic E-state index is -2.15. The molecule has 1 fully saturated rings. The van der Waals surface area contributed by atoms with E-state index in [1.165, 1.54) is 0 Å². The summed E-state index contributed by atoms with van der Waals surface area (Å²) in [7, 11) is -4.30. The van der Waals surface area contributed by atoms with Crippen LogP contribution >= 0.6 is 0 Å². The Morgan fingerprint density at radius 1 is 0.892 bits per heavy atom. The Morgan fingerprint density at radius 3 is 1.73 bits per heavy atom. The molecule has 1 heterocycles. The zero-order valence-corrected chi connectivity index (χ0v) is 29.3. The molecule has 0 N–H and O–H groups in total. The highest BCUT2D eigenvalue weighted by Gasteiger charge is 2.50. The van der Waals surface area contributed by atoms with Gasteiger partial charge in [0.2, 0.25) is 0 Å². The van der Waals surface area contributed by atoms with Gasteiger partial charge in [-0.3, -0.25) is 4.79 Å². The molecule has 0 bridgehead atoms. The maximum atomic E-state index is 12.6. The topological polar surface area (TPSA) is 63.2 Å². The maximum absolute atomic E-state index is 12.6. The first-order valence-corrected chi connectivity index (χ1v) is 19.9. The second-order valence-corrected chi connectivity index (χ2v) is 25.3. The van der Waals surface area contributed by atoms with Crippen LogP contribution in [0.2, 0.25) is 36.3 Å². The van der Waals surface area contributed by atoms with Crippen LogP contribution in [0.15, 0.2) is 0 Å². The summed E-state index contributed by atoms with van der Waals surface area (Å²) < 4.78 is 32.5. The van der Waals surface area contributed by atoms with Crippen molar-refractivity contribution in [1.82, 2.24) is 0 Å². The summed E-state index contributed by atoms with van der Waals surface area (Å²) in [6, 6.07) is 0. The van der Waals surface area contributed by atoms with Gasteiger partial charge in [-0.25, -0.2) is 0 Å². The number of carbonyl (C=O) groups is 1. The van der Waals surface area contributed by atoms with Gasteiger partial charge in [-0.05, 0) is 70.9 Å². The Balaban J connectivity index is 3.44. The van der Waals surface area contributed by atoms with Crippen LogP contribution in [0.5, 0.6) is 0 Å². The van der Waals surface area contributed by atoms with Gasteiger partial charge in [-0.2, -0.15) is 0 Å². The summed E-state index contributed by atoms with van der Waals surface area (Å²) in [5.41, 5.74) is -0.546. The van der Waals surface area contributed by atoms with Crippen molar-refractivity contribution >= 4 is 22.6 Å². The molecule has 0 amide bonds. The number of ether oxygens (including phenoxy) is 3. The van der Waals surface area contributed by atoms with E-state index < -0.39 is 27.8 Å². The van der Waals surface area contributed by atoms with Crippen molar-refractivity contribution in [3.8, 4) is 0 Å². The van der Waals surface area contributed by atoms with Gasteiger partial charge in [0.15, 0.2) is 22.4 Å². The summed E-state index contributed by atoms with van der Waals surface area (Å²) >= 11 is 0. The highest BCUT2D eigenvalue weighted by atomic mass is 28.4. The highest BCUT2D eigenvalue weighted by Crippen LogP contribution is 2.43. The molecule has 6 nitrogen and oxygen atoms in total. The number of hydrogen-bond acceptors (Lipinski definition) is 6. The van der Waals surface area contributed by atoms with E-state index in [9.17, 15) is 4.79 Å². The van der Waals surface area contributed by atoms with E-state index in [4.69, 9.17) is 23.1 Å². The Labute approximate surface area is 231 Å². The lowest BCUT2D eigenvalue weighted by Crippen LogP contribution is -2.55. The van der Waals surface area contributed by atoms with E-state index in [1.54, 1.807) is 0 Å². The molecule has 0 saturated carbocycles. The van der Waals surface area contributed by atoms with E-state index in [2.05, 4.69) is 81.6 Å². The van der Waals surface area contributed by atoms with Gasteiger partial charge in [-0.15, -0.1) is 0 Å². The van der Waals surface area contributed by atoms with E-state index in [0.717, 1.165) is 0 Å². The molecule has 220 valence electrons. The zero-order chi connectivity index (χ0) is 29.4. The molecule has 37 heavy (non-hydrogen) atoms. The summed E-state index contributed by atoms with van der Waals surface area (Å²) in [5, 5.41) is 0.0844. The van der Waals surface area contributed by atoms with Gasteiger partial charge in [0, 0.05) is 11.8 Å². The van der Waals surface area contributed by atoms with Gasteiger partial charge < -0.3 is 23.1 Å². The standard InChI is InChI=1S/C29H60O6Si2/c1-20(18-31-25(30)26(3,4)5)23(34-36(14,15)27(6,7)8)21(2)24(22-19-32-29(12,13)33-22)35-37(16,17)28(9,10)11/h20-24H,18-19H2,1-17H3/t20-,21+,22-,23-,24+/m1/s1. The zero-order valence-electron chi connectivity index (χ0n) is 27.3. The molecular weight excluding hydrogens is 500 g/mol. The van der Waals surface area contributed by atoms with Crippen molar-refractivity contribution in [3.05, 3.63) is 0 Å². The van der Waals surface area contributed by atoms with Crippen LogP contribution in [0.1, 0.15) is 90.0 Å². The molecule has 1 aliphatic heterocycles. The third-order valence-corrected chi connectivity index (χ3v) is 17.5. The van der Waals surface area contributed by atoms with Gasteiger partial charge >= 0.3 is 5.97 Å². The van der Waals surface area contributed by atoms with Gasteiger partial charge in [0.05, 0.1) is 30.8 Å². The van der Waals surface area contributed by atoms with Crippen molar-refractivity contribution < 1.29 is 27.9 Å². The first kappa shape index (κ1) is 34.8. The maximum Gasteiger partial charge on any atom is 0.311 e. The molecule has 0 aromatic heterocycles. The number of rotatable bonds is 10. The van der Waals surface area contributed by atoms with Crippen molar-refractivity contribution in [2.24, 2.45) is 17.3 Å². The van der Waals surface area contributed by atoms with Crippen LogP contribution in [0.25, 0.3) is 0 Å². The summed E-state index contributed by atoms with van der Waals surface area (Å²) in [5.74, 6) is -0.866. The number of carbonyl (C=O) groups excluding carboxylic acids is 1. The molecule has 0 aliphatic carbocycles. The molecule has 8 heteroatoms. The molecule has 0 unspecified atom stereocenters. The highest BCUT2D eigenvalue weighted by molar-refractivity contribution is 6.74. The Hall–Kier alpha value is -0.256. The Morgan fingerprint density at radius 2 is 1.35 bits per heavy atom. The lowest BCUT2D eigenvalue weighted by atomic mass is 9.87. The summed E-state index contributed by atoms with van der Waals surface area (Å²) in [6.07, 6.45) is -0.581. The molecule has 5 atom stereocenters. The molecule has 1 rings (SSSR count). The normalized spacial score (nSPS) is 22.9. The second-order valence-electron chi connectivity index (χ2n) is 15.7. The fourth-order valence-electron chi connectivity index (χ4n) is 3.88. The van der Waals surface area contributed by atoms with Gasteiger partial charge in [-0.1, -0.05) is 55.4 Å². The SMILES string of the molecule is C[C@@H]([C@H](O[Si](C)(C)C(C)(C)C)[C@H](C)COC(=O)C(C)(C)C)[C@H](O[Si](C)(C)C(C)(C)C)[C@H]1COC(C)(C)O1. The van der Waals surface area contributed by atoms with E-state index in [-0.39, 0.29) is 46.2 Å². The van der Waals surface area contributed by atoms with E-state index >= 15 is 0 Å². The first-order valence-electron chi connectivity index (χ1n) is 14.1. The molecule has 1 saturated heterocycles. The van der Waals surface area contributed by atoms with Crippen molar-refractivity contribution in [2.75, 3.05) is 13.2 Å². The monoisotopic (exact) mass is 560 g/mol. The fraction of sp³-hybridized carbons (Fsp3) is 0.966. The molecule has 0 aromatic carbocycles. The predicted molar refractivity (Wildman–Crippen MR) is 158 cm³/mol. The Bertz CT molecular complexity index is 758. The summed E-state index contributed by atoms with van der Waals surface area (Å²) in [4.78, 5) is 12.6. The van der Waals surface area contributed by atoms with Crippen LogP contribution in [-0.2, 0) is 27.9 Å². The van der Waals surface area contributed by atoms with Crippen LogP contribution in [0.4, 0.5) is 0 Å². The molecule has 0 spiro atoms. The van der Waals surface area contributed by atoms with Crippen LogP contribution < -0.4 is 0 Å². The van der Waals surface area contributed by atoms with Gasteiger partial charge in [0.1, 0.15) is 6.10 Å². The third kappa shape index (κ3) is 9.42. The molecular formula is C29H60O6Si2. The largest absolute Gasteiger partial charge is 0.465 e. The van der Waals surface area contributed by atoms with E-state index in [0.29, 0.717) is 13.2 Å². The smallest absolute Gasteiger partial charge is 0.311 e. The minimum absolute atomic E-state index is 0.00547. The summed E-state index contributed by atoms with van der Waals surface area (Å²) in [6.45, 7) is 37.4. The molecule has 1 aliphatic rings. The van der Waals surface area contributed by atoms with Crippen LogP contribution in [0.3, 0.4) is 0 Å². The number of hydrogen-bond donors (Lipinski definition) is 0. The van der Waals surface area contributed by atoms with E-state index in [1.807, 2.05) is 34.6 Å². The van der Waals surface area contributed by atoms with Crippen molar-refractivity contribution in [1.29, 1.82) is 0 Å². The van der Waals surface area contributed by atoms with Crippen molar-refractivity contribution in [3.63, 3.8) is 0 Å². The second kappa shape index (κ2) is 11.7. The minimum Gasteiger partial charge on any atom is -0.465 e. The van der Waals surface area contributed by atoms with Gasteiger partial charge in [0.25, 0.3) is 0 Å². The average Bonchev–Trinajstić information content (AvgIpc) is 3.04. The molecule has 0 radical (unpaired) electrons. The molecule has 0 aromatic rings. The fourth-order valence-corrected chi connectivity index (χ4v) is 6.76. The lowest BCUT2D eigenvalue weighted by molar-refractivity contribution is -0.161. The quantitative estimate of drug-likeness (QED) is 0.201. The predicted octanol–water partition coefficient (Wildman–Crippen LogP) is 7.78. The average molecular weight is 561 g/mol. The van der Waals surface area contributed by atoms with Crippen LogP contribution in [0, 0.1) is 17.3 Å². The number of esters is 1. The Kier molecular flexibility index (Phi) is 11.0.